The zero-order valence-electron chi connectivity index (χ0n) is 15.6. The summed E-state index contributed by atoms with van der Waals surface area (Å²) in [4.78, 5) is 14.0. The first-order valence-corrected chi connectivity index (χ1v) is 10.1. The van der Waals surface area contributed by atoms with E-state index in [1.807, 2.05) is 26.0 Å². The highest BCUT2D eigenvalue weighted by atomic mass is 32.2. The Morgan fingerprint density at radius 2 is 1.50 bits per heavy atom. The highest BCUT2D eigenvalue weighted by molar-refractivity contribution is 7.87. The van der Waals surface area contributed by atoms with Gasteiger partial charge in [-0.3, -0.25) is 4.79 Å². The van der Waals surface area contributed by atoms with Gasteiger partial charge < -0.3 is 9.08 Å². The summed E-state index contributed by atoms with van der Waals surface area (Å²) in [5.41, 5.74) is 1.56. The second kappa shape index (κ2) is 8.36. The van der Waals surface area contributed by atoms with Crippen LogP contribution in [0, 0.1) is 0 Å². The molecule has 0 fully saturated rings. The van der Waals surface area contributed by atoms with E-state index in [1.165, 1.54) is 24.3 Å². The van der Waals surface area contributed by atoms with Gasteiger partial charge in [0.1, 0.15) is 10.6 Å². The molecule has 140 valence electrons. The molecule has 0 heterocycles. The van der Waals surface area contributed by atoms with Gasteiger partial charge in [-0.2, -0.15) is 8.42 Å². The minimum absolute atomic E-state index is 0.0153. The molecule has 2 aromatic rings. The van der Waals surface area contributed by atoms with Gasteiger partial charge in [-0.25, -0.2) is 0 Å². The predicted molar refractivity (Wildman–Crippen MR) is 102 cm³/mol. The molecule has 26 heavy (non-hydrogen) atoms. The lowest BCUT2D eigenvalue weighted by atomic mass is 10.0. The zero-order chi connectivity index (χ0) is 19.3. The molecule has 0 aromatic heterocycles. The number of hydrogen-bond acceptors (Lipinski definition) is 4. The van der Waals surface area contributed by atoms with Crippen LogP contribution in [0.3, 0.4) is 0 Å². The average molecular weight is 375 g/mol. The fraction of sp³-hybridized carbons (Fsp3) is 0.350. The third-order valence-corrected chi connectivity index (χ3v) is 5.45. The molecule has 0 atom stereocenters. The molecule has 2 rings (SSSR count). The van der Waals surface area contributed by atoms with E-state index in [-0.39, 0.29) is 16.6 Å². The fourth-order valence-corrected chi connectivity index (χ4v) is 3.47. The van der Waals surface area contributed by atoms with Crippen LogP contribution in [0.15, 0.2) is 53.4 Å². The maximum Gasteiger partial charge on any atom is 0.339 e. The van der Waals surface area contributed by atoms with E-state index in [1.54, 1.807) is 17.0 Å². The molecule has 1 amide bonds. The fourth-order valence-electron chi connectivity index (χ4n) is 2.54. The maximum absolute atomic E-state index is 12.4. The number of carbonyl (C=O) groups excluding carboxylic acids is 1. The van der Waals surface area contributed by atoms with Crippen LogP contribution in [-0.2, 0) is 10.1 Å². The van der Waals surface area contributed by atoms with E-state index in [9.17, 15) is 13.2 Å². The summed E-state index contributed by atoms with van der Waals surface area (Å²) in [6.45, 7) is 9.13. The highest BCUT2D eigenvalue weighted by Gasteiger charge is 2.19. The number of nitrogens with zero attached hydrogens (tertiary/aromatic N) is 1. The molecule has 0 aliphatic carbocycles. The van der Waals surface area contributed by atoms with Crippen molar-refractivity contribution in [3.8, 4) is 5.75 Å². The molecule has 0 spiro atoms. The Morgan fingerprint density at radius 3 is 1.96 bits per heavy atom. The van der Waals surface area contributed by atoms with Crippen molar-refractivity contribution >= 4 is 16.0 Å². The van der Waals surface area contributed by atoms with Gasteiger partial charge in [0, 0.05) is 18.7 Å². The van der Waals surface area contributed by atoms with Gasteiger partial charge in [-0.05, 0) is 61.7 Å². The topological polar surface area (TPSA) is 63.7 Å². The third kappa shape index (κ3) is 4.64. The Labute approximate surface area is 155 Å². The van der Waals surface area contributed by atoms with Crippen LogP contribution in [0.25, 0.3) is 0 Å². The third-order valence-electron chi connectivity index (χ3n) is 4.19. The number of hydrogen-bond donors (Lipinski definition) is 0. The standard InChI is InChI=1S/C20H25NO4S/c1-5-21(6-2)20(22)17-9-13-19(14-10-17)26(23,24)25-18-11-7-16(8-12-18)15(3)4/h7-15H,5-6H2,1-4H3. The lowest BCUT2D eigenvalue weighted by molar-refractivity contribution is 0.0773. The molecule has 0 saturated carbocycles. The first kappa shape index (κ1) is 20.0. The van der Waals surface area contributed by atoms with Gasteiger partial charge in [0.25, 0.3) is 5.91 Å². The van der Waals surface area contributed by atoms with Crippen molar-refractivity contribution in [2.75, 3.05) is 13.1 Å². The number of carbonyl (C=O) groups is 1. The van der Waals surface area contributed by atoms with E-state index in [4.69, 9.17) is 4.18 Å². The monoisotopic (exact) mass is 375 g/mol. The number of rotatable bonds is 7. The molecule has 0 bridgehead atoms. The zero-order valence-corrected chi connectivity index (χ0v) is 16.4. The summed E-state index contributed by atoms with van der Waals surface area (Å²) in [6, 6.07) is 12.8. The van der Waals surface area contributed by atoms with Gasteiger partial charge in [0.2, 0.25) is 0 Å². The largest absolute Gasteiger partial charge is 0.379 e. The quantitative estimate of drug-likeness (QED) is 0.685. The average Bonchev–Trinajstić information content (AvgIpc) is 2.63. The smallest absolute Gasteiger partial charge is 0.339 e. The van der Waals surface area contributed by atoms with Crippen molar-refractivity contribution in [1.29, 1.82) is 0 Å². The summed E-state index contributed by atoms with van der Waals surface area (Å²) in [5, 5.41) is 0. The SMILES string of the molecule is CCN(CC)C(=O)c1ccc(S(=O)(=O)Oc2ccc(C(C)C)cc2)cc1. The van der Waals surface area contributed by atoms with Gasteiger partial charge in [0.15, 0.2) is 0 Å². The molecule has 0 aliphatic rings. The molecular formula is C20H25NO4S. The lowest BCUT2D eigenvalue weighted by Gasteiger charge is -2.18. The molecule has 0 radical (unpaired) electrons. The van der Waals surface area contributed by atoms with Crippen LogP contribution in [0.1, 0.15) is 49.5 Å². The first-order valence-electron chi connectivity index (χ1n) is 8.72. The second-order valence-electron chi connectivity index (χ2n) is 6.26. The van der Waals surface area contributed by atoms with Gasteiger partial charge in [-0.15, -0.1) is 0 Å². The van der Waals surface area contributed by atoms with Crippen LogP contribution in [0.2, 0.25) is 0 Å². The van der Waals surface area contributed by atoms with Crippen LogP contribution < -0.4 is 4.18 Å². The number of benzene rings is 2. The Kier molecular flexibility index (Phi) is 6.42. The van der Waals surface area contributed by atoms with Crippen molar-refractivity contribution in [2.24, 2.45) is 0 Å². The van der Waals surface area contributed by atoms with E-state index in [2.05, 4.69) is 13.8 Å². The Balaban J connectivity index is 2.17. The van der Waals surface area contributed by atoms with E-state index in [0.717, 1.165) is 5.56 Å². The summed E-state index contributed by atoms with van der Waals surface area (Å²) in [6.07, 6.45) is 0. The highest BCUT2D eigenvalue weighted by Crippen LogP contribution is 2.22. The van der Waals surface area contributed by atoms with Gasteiger partial charge in [0.05, 0.1) is 0 Å². The lowest BCUT2D eigenvalue weighted by Crippen LogP contribution is -2.30. The van der Waals surface area contributed by atoms with Gasteiger partial charge >= 0.3 is 10.1 Å². The van der Waals surface area contributed by atoms with Crippen molar-refractivity contribution in [3.63, 3.8) is 0 Å². The normalized spacial score (nSPS) is 11.4. The number of amides is 1. The molecule has 0 aliphatic heterocycles. The van der Waals surface area contributed by atoms with Crippen molar-refractivity contribution in [2.45, 2.75) is 38.5 Å². The minimum atomic E-state index is -3.95. The summed E-state index contributed by atoms with van der Waals surface area (Å²) in [5.74, 6) is 0.499. The van der Waals surface area contributed by atoms with Crippen LogP contribution in [0.5, 0.6) is 5.75 Å². The van der Waals surface area contributed by atoms with E-state index < -0.39 is 10.1 Å². The Hall–Kier alpha value is -2.34. The summed E-state index contributed by atoms with van der Waals surface area (Å²) >= 11 is 0. The van der Waals surface area contributed by atoms with Crippen molar-refractivity contribution < 1.29 is 17.4 Å². The van der Waals surface area contributed by atoms with Crippen LogP contribution >= 0.6 is 0 Å². The Morgan fingerprint density at radius 1 is 0.962 bits per heavy atom. The molecule has 0 unspecified atom stereocenters. The predicted octanol–water partition coefficient (Wildman–Crippen LogP) is 4.06. The van der Waals surface area contributed by atoms with Crippen molar-refractivity contribution in [1.82, 2.24) is 4.90 Å². The van der Waals surface area contributed by atoms with Crippen LogP contribution in [0.4, 0.5) is 0 Å². The van der Waals surface area contributed by atoms with Gasteiger partial charge in [-0.1, -0.05) is 26.0 Å². The molecule has 0 saturated heterocycles. The molecular weight excluding hydrogens is 350 g/mol. The molecule has 0 N–H and O–H groups in total. The van der Waals surface area contributed by atoms with Crippen molar-refractivity contribution in [3.05, 3.63) is 59.7 Å². The summed E-state index contributed by atoms with van der Waals surface area (Å²) in [7, 11) is -3.95. The second-order valence-corrected chi connectivity index (χ2v) is 7.81. The summed E-state index contributed by atoms with van der Waals surface area (Å²) < 4.78 is 30.1. The van der Waals surface area contributed by atoms with E-state index >= 15 is 0 Å². The Bertz CT molecular complexity index is 836. The minimum Gasteiger partial charge on any atom is -0.379 e. The molecule has 5 nitrogen and oxygen atoms in total. The first-order chi connectivity index (χ1) is 12.3. The maximum atomic E-state index is 12.4. The van der Waals surface area contributed by atoms with E-state index in [0.29, 0.717) is 24.6 Å². The molecule has 2 aromatic carbocycles. The molecule has 6 heteroatoms. The van der Waals surface area contributed by atoms with Crippen LogP contribution in [-0.4, -0.2) is 32.3 Å².